The highest BCUT2D eigenvalue weighted by atomic mass is 35.5. The Balaban J connectivity index is 1.98. The van der Waals surface area contributed by atoms with Gasteiger partial charge in [-0.1, -0.05) is 41.4 Å². The van der Waals surface area contributed by atoms with Gasteiger partial charge in [-0.2, -0.15) is 0 Å². The Hall–Kier alpha value is -2.25. The van der Waals surface area contributed by atoms with E-state index >= 15 is 0 Å². The molecule has 2 N–H and O–H groups in total. The van der Waals surface area contributed by atoms with Gasteiger partial charge in [0.05, 0.1) is 11.4 Å². The van der Waals surface area contributed by atoms with Crippen molar-refractivity contribution in [2.24, 2.45) is 10.9 Å². The first kappa shape index (κ1) is 16.2. The number of nitrogens with zero attached hydrogens (tertiary/aromatic N) is 4. The van der Waals surface area contributed by atoms with Gasteiger partial charge in [0.1, 0.15) is 13.2 Å². The first-order valence-electron chi connectivity index (χ1n) is 7.53. The highest BCUT2D eigenvalue weighted by molar-refractivity contribution is 6.36. The molecule has 0 radical (unpaired) electrons. The molecule has 0 amide bonds. The van der Waals surface area contributed by atoms with E-state index in [4.69, 9.17) is 38.9 Å². The molecule has 0 bridgehead atoms. The summed E-state index contributed by atoms with van der Waals surface area (Å²) < 4.78 is 1.89. The fraction of sp³-hybridized carbons (Fsp3) is 0.118. The predicted octanol–water partition coefficient (Wildman–Crippen LogP) is 3.32. The number of aromatic nitrogens is 3. The molecule has 0 spiro atoms. The van der Waals surface area contributed by atoms with E-state index in [1.165, 1.54) is 0 Å². The predicted molar refractivity (Wildman–Crippen MR) is 96.1 cm³/mol. The van der Waals surface area contributed by atoms with Crippen molar-refractivity contribution in [2.75, 3.05) is 0 Å². The summed E-state index contributed by atoms with van der Waals surface area (Å²) in [5, 5.41) is 9.58. The van der Waals surface area contributed by atoms with Crippen molar-refractivity contribution in [3.05, 3.63) is 75.3 Å². The van der Waals surface area contributed by atoms with Crippen molar-refractivity contribution in [3.8, 4) is 5.69 Å². The Kier molecular flexibility index (Phi) is 4.27. The minimum atomic E-state index is 0.135. The number of hydrogen-bond acceptors (Lipinski definition) is 5. The lowest BCUT2D eigenvalue weighted by Crippen LogP contribution is -2.11. The van der Waals surface area contributed by atoms with Gasteiger partial charge in [-0.25, -0.2) is 5.90 Å². The molecule has 0 saturated carbocycles. The van der Waals surface area contributed by atoms with Crippen LogP contribution in [0.1, 0.15) is 22.8 Å². The largest absolute Gasteiger partial charge is 0.296 e. The molecule has 0 saturated heterocycles. The van der Waals surface area contributed by atoms with Gasteiger partial charge in [-0.05, 0) is 24.3 Å². The minimum Gasteiger partial charge on any atom is -0.296 e. The zero-order chi connectivity index (χ0) is 17.4. The lowest BCUT2D eigenvalue weighted by atomic mass is 10.0. The average molecular weight is 374 g/mol. The van der Waals surface area contributed by atoms with Gasteiger partial charge in [-0.15, -0.1) is 10.2 Å². The molecular weight excluding hydrogens is 361 g/mol. The smallest absolute Gasteiger partial charge is 0.165 e. The summed E-state index contributed by atoms with van der Waals surface area (Å²) in [7, 11) is 0. The number of fused-ring (bicyclic) bond motifs is 3. The molecule has 0 fully saturated rings. The molecule has 3 aromatic rings. The maximum Gasteiger partial charge on any atom is 0.165 e. The molecule has 0 atom stereocenters. The fourth-order valence-electron chi connectivity index (χ4n) is 2.91. The molecular formula is C17H13Cl2N5O. The maximum absolute atomic E-state index is 6.40. The Morgan fingerprint density at radius 1 is 1.08 bits per heavy atom. The van der Waals surface area contributed by atoms with Crippen LogP contribution in [0.5, 0.6) is 0 Å². The van der Waals surface area contributed by atoms with Gasteiger partial charge in [0.2, 0.25) is 0 Å². The summed E-state index contributed by atoms with van der Waals surface area (Å²) in [6.07, 6.45) is 0. The van der Waals surface area contributed by atoms with E-state index in [0.29, 0.717) is 28.2 Å². The topological polar surface area (TPSA) is 78.3 Å². The summed E-state index contributed by atoms with van der Waals surface area (Å²) in [6.45, 7) is 0.487. The Morgan fingerprint density at radius 3 is 2.72 bits per heavy atom. The SMILES string of the molecule is NOCc1nnc2n1-c1ccc(Cl)cc1C(c1ccccc1Cl)=NC2. The number of hydrogen-bond donors (Lipinski definition) is 1. The number of nitrogens with two attached hydrogens (primary N) is 1. The number of rotatable bonds is 3. The van der Waals surface area contributed by atoms with Crippen LogP contribution in [0.3, 0.4) is 0 Å². The fourth-order valence-corrected chi connectivity index (χ4v) is 3.31. The molecule has 1 aliphatic rings. The van der Waals surface area contributed by atoms with E-state index in [9.17, 15) is 0 Å². The van der Waals surface area contributed by atoms with Crippen LogP contribution in [0.4, 0.5) is 0 Å². The van der Waals surface area contributed by atoms with Crippen molar-refractivity contribution in [1.29, 1.82) is 0 Å². The van der Waals surface area contributed by atoms with E-state index in [-0.39, 0.29) is 6.61 Å². The lowest BCUT2D eigenvalue weighted by Gasteiger charge is -2.14. The van der Waals surface area contributed by atoms with Gasteiger partial charge in [0.25, 0.3) is 0 Å². The molecule has 126 valence electrons. The molecule has 4 rings (SSSR count). The highest BCUT2D eigenvalue weighted by Gasteiger charge is 2.24. The zero-order valence-electron chi connectivity index (χ0n) is 13.0. The van der Waals surface area contributed by atoms with Gasteiger partial charge < -0.3 is 0 Å². The molecule has 0 unspecified atom stereocenters. The van der Waals surface area contributed by atoms with Crippen LogP contribution in [0.2, 0.25) is 10.0 Å². The van der Waals surface area contributed by atoms with Crippen LogP contribution in [0.15, 0.2) is 47.5 Å². The van der Waals surface area contributed by atoms with E-state index in [1.54, 1.807) is 0 Å². The second kappa shape index (κ2) is 6.57. The van der Waals surface area contributed by atoms with Crippen LogP contribution >= 0.6 is 23.2 Å². The third kappa shape index (κ3) is 2.83. The van der Waals surface area contributed by atoms with Crippen LogP contribution in [0.25, 0.3) is 5.69 Å². The van der Waals surface area contributed by atoms with Gasteiger partial charge >= 0.3 is 0 Å². The third-order valence-corrected chi connectivity index (χ3v) is 4.54. The molecule has 8 heteroatoms. The summed E-state index contributed by atoms with van der Waals surface area (Å²) in [6, 6.07) is 13.2. The Labute approximate surface area is 153 Å². The summed E-state index contributed by atoms with van der Waals surface area (Å²) in [5.41, 5.74) is 3.29. The van der Waals surface area contributed by atoms with Crippen LogP contribution < -0.4 is 5.90 Å². The summed E-state index contributed by atoms with van der Waals surface area (Å²) >= 11 is 12.6. The second-order valence-electron chi connectivity index (χ2n) is 5.49. The van der Waals surface area contributed by atoms with E-state index in [0.717, 1.165) is 22.5 Å². The summed E-state index contributed by atoms with van der Waals surface area (Å²) in [4.78, 5) is 9.48. The molecule has 1 aromatic heterocycles. The Morgan fingerprint density at radius 2 is 1.92 bits per heavy atom. The standard InChI is InChI=1S/C17H13Cl2N5O/c18-10-5-6-14-12(7-10)17(11-3-1-2-4-13(11)19)21-8-15-22-23-16(9-25-20)24(14)15/h1-7H,8-9,20H2. The molecule has 25 heavy (non-hydrogen) atoms. The number of benzene rings is 2. The van der Waals surface area contributed by atoms with Gasteiger partial charge in [0.15, 0.2) is 11.6 Å². The molecule has 2 heterocycles. The van der Waals surface area contributed by atoms with E-state index in [2.05, 4.69) is 10.2 Å². The summed E-state index contributed by atoms with van der Waals surface area (Å²) in [5.74, 6) is 6.51. The maximum atomic E-state index is 6.40. The number of halogens is 2. The van der Waals surface area contributed by atoms with E-state index in [1.807, 2.05) is 47.0 Å². The van der Waals surface area contributed by atoms with Crippen LogP contribution in [0, 0.1) is 0 Å². The lowest BCUT2D eigenvalue weighted by molar-refractivity contribution is 0.117. The Bertz CT molecular complexity index is 983. The van der Waals surface area contributed by atoms with Crippen molar-refractivity contribution in [1.82, 2.24) is 14.8 Å². The van der Waals surface area contributed by atoms with Crippen molar-refractivity contribution in [2.45, 2.75) is 13.2 Å². The first-order valence-corrected chi connectivity index (χ1v) is 8.29. The van der Waals surface area contributed by atoms with Gasteiger partial charge in [0, 0.05) is 21.2 Å². The second-order valence-corrected chi connectivity index (χ2v) is 6.33. The van der Waals surface area contributed by atoms with Gasteiger partial charge in [-0.3, -0.25) is 14.4 Å². The number of aliphatic imine (C=N–C) groups is 1. The minimum absolute atomic E-state index is 0.135. The zero-order valence-corrected chi connectivity index (χ0v) is 14.5. The normalized spacial score (nSPS) is 13.0. The average Bonchev–Trinajstić information content (AvgIpc) is 2.92. The molecule has 6 nitrogen and oxygen atoms in total. The molecule has 2 aromatic carbocycles. The van der Waals surface area contributed by atoms with Crippen LogP contribution in [-0.2, 0) is 18.0 Å². The highest BCUT2D eigenvalue weighted by Crippen LogP contribution is 2.30. The van der Waals surface area contributed by atoms with Crippen LogP contribution in [-0.4, -0.2) is 20.5 Å². The quantitative estimate of drug-likeness (QED) is 0.714. The first-order chi connectivity index (χ1) is 12.2. The van der Waals surface area contributed by atoms with E-state index < -0.39 is 0 Å². The third-order valence-electron chi connectivity index (χ3n) is 3.97. The monoisotopic (exact) mass is 373 g/mol. The molecule has 0 aliphatic carbocycles. The molecule has 1 aliphatic heterocycles. The van der Waals surface area contributed by atoms with Crippen molar-refractivity contribution < 1.29 is 4.84 Å². The van der Waals surface area contributed by atoms with Crippen molar-refractivity contribution in [3.63, 3.8) is 0 Å². The van der Waals surface area contributed by atoms with Crippen molar-refractivity contribution >= 4 is 28.9 Å².